The molecule has 1 aliphatic heterocycles. The number of anilines is 1. The van der Waals surface area contributed by atoms with Gasteiger partial charge in [0.2, 0.25) is 0 Å². The number of piperidine rings is 1. The number of aromatic amines is 1. The van der Waals surface area contributed by atoms with Gasteiger partial charge in [-0.25, -0.2) is 18.6 Å². The number of nitrogens with one attached hydrogen (secondary N) is 2. The van der Waals surface area contributed by atoms with Gasteiger partial charge in [-0.1, -0.05) is 12.1 Å². The van der Waals surface area contributed by atoms with Crippen LogP contribution in [-0.4, -0.2) is 32.7 Å². The number of aromatic nitrogens is 3. The number of hydrogen-bond acceptors (Lipinski definition) is 3. The Hall–Kier alpha value is -2.51. The van der Waals surface area contributed by atoms with Gasteiger partial charge in [0.05, 0.1) is 6.04 Å². The van der Waals surface area contributed by atoms with Gasteiger partial charge in [-0.3, -0.25) is 5.10 Å². The molecule has 1 aliphatic rings. The number of H-pyrrole nitrogens is 1. The molecule has 2 aromatic rings. The minimum Gasteiger partial charge on any atom is -0.314 e. The minimum atomic E-state index is -2.95. The third-order valence-electron chi connectivity index (χ3n) is 4.30. The Bertz CT molecular complexity index is 755. The third-order valence-corrected chi connectivity index (χ3v) is 4.30. The topological polar surface area (TPSA) is 73.9 Å². The van der Waals surface area contributed by atoms with Crippen molar-refractivity contribution in [3.05, 3.63) is 41.5 Å². The van der Waals surface area contributed by atoms with Crippen molar-refractivity contribution in [1.29, 1.82) is 0 Å². The normalized spacial score (nSPS) is 18.2. The molecule has 1 aromatic carbocycles. The highest BCUT2D eigenvalue weighted by Crippen LogP contribution is 2.31. The molecule has 2 N–H and O–H groups in total. The van der Waals surface area contributed by atoms with Crippen LogP contribution in [0.3, 0.4) is 0 Å². The summed E-state index contributed by atoms with van der Waals surface area (Å²) in [4.78, 5) is 18.7. The Kier molecular flexibility index (Phi) is 4.69. The zero-order chi connectivity index (χ0) is 18.0. The predicted molar refractivity (Wildman–Crippen MR) is 89.4 cm³/mol. The quantitative estimate of drug-likeness (QED) is 0.880. The Morgan fingerprint density at radius 3 is 2.88 bits per heavy atom. The van der Waals surface area contributed by atoms with Crippen molar-refractivity contribution >= 4 is 11.7 Å². The van der Waals surface area contributed by atoms with Crippen LogP contribution < -0.4 is 5.32 Å². The van der Waals surface area contributed by atoms with Crippen LogP contribution in [0.4, 0.5) is 19.3 Å². The van der Waals surface area contributed by atoms with Gasteiger partial charge in [0.1, 0.15) is 5.82 Å². The number of hydrogen-bond donors (Lipinski definition) is 2. The Labute approximate surface area is 144 Å². The second-order valence-electron chi connectivity index (χ2n) is 6.38. The fourth-order valence-corrected chi connectivity index (χ4v) is 3.02. The number of aryl methyl sites for hydroxylation is 1. The maximum absolute atomic E-state index is 13.5. The standard InChI is InChI=1S/C17H21F2N5O/c1-11-20-15(23-22-11)14-8-3-4-9-24(14)16(25)21-13-7-5-6-12(10-13)17(2,18)19/h5-7,10,14H,3-4,8-9H2,1-2H3,(H,21,25)(H,20,22,23)/t14-/m1/s1. The molecule has 0 saturated carbocycles. The van der Waals surface area contributed by atoms with Crippen LogP contribution in [0.15, 0.2) is 24.3 Å². The number of nitrogens with zero attached hydrogens (tertiary/aromatic N) is 3. The van der Waals surface area contributed by atoms with E-state index in [0.29, 0.717) is 23.9 Å². The lowest BCUT2D eigenvalue weighted by Gasteiger charge is -2.34. The average Bonchev–Trinajstić information content (AvgIpc) is 3.01. The predicted octanol–water partition coefficient (Wildman–Crippen LogP) is 3.98. The molecular formula is C17H21F2N5O. The second-order valence-corrected chi connectivity index (χ2v) is 6.38. The number of urea groups is 1. The van der Waals surface area contributed by atoms with Gasteiger partial charge in [-0.15, -0.1) is 0 Å². The van der Waals surface area contributed by atoms with Crippen LogP contribution >= 0.6 is 0 Å². The Morgan fingerprint density at radius 2 is 2.20 bits per heavy atom. The van der Waals surface area contributed by atoms with E-state index in [1.54, 1.807) is 17.9 Å². The van der Waals surface area contributed by atoms with E-state index in [9.17, 15) is 13.6 Å². The maximum Gasteiger partial charge on any atom is 0.322 e. The molecule has 1 atom stereocenters. The monoisotopic (exact) mass is 349 g/mol. The van der Waals surface area contributed by atoms with E-state index in [0.717, 1.165) is 26.2 Å². The number of amides is 2. The van der Waals surface area contributed by atoms with E-state index >= 15 is 0 Å². The number of halogens is 2. The van der Waals surface area contributed by atoms with E-state index in [1.165, 1.54) is 18.2 Å². The van der Waals surface area contributed by atoms with Crippen molar-refractivity contribution in [2.24, 2.45) is 0 Å². The molecule has 6 nitrogen and oxygen atoms in total. The van der Waals surface area contributed by atoms with E-state index in [1.807, 2.05) is 0 Å². The highest BCUT2D eigenvalue weighted by Gasteiger charge is 2.31. The first-order valence-electron chi connectivity index (χ1n) is 8.29. The molecule has 1 fully saturated rings. The van der Waals surface area contributed by atoms with Crippen LogP contribution in [0.5, 0.6) is 0 Å². The second kappa shape index (κ2) is 6.78. The highest BCUT2D eigenvalue weighted by molar-refractivity contribution is 5.89. The van der Waals surface area contributed by atoms with Crippen LogP contribution in [0.2, 0.25) is 0 Å². The SMILES string of the molecule is Cc1nc([C@H]2CCCCN2C(=O)Nc2cccc(C(C)(F)F)c2)n[nH]1. The maximum atomic E-state index is 13.5. The summed E-state index contributed by atoms with van der Waals surface area (Å²) in [7, 11) is 0. The summed E-state index contributed by atoms with van der Waals surface area (Å²) in [5, 5.41) is 9.68. The fraction of sp³-hybridized carbons (Fsp3) is 0.471. The lowest BCUT2D eigenvalue weighted by atomic mass is 10.0. The van der Waals surface area contributed by atoms with Crippen LogP contribution in [0.1, 0.15) is 49.4 Å². The molecule has 3 rings (SSSR count). The van der Waals surface area contributed by atoms with Crippen molar-refractivity contribution in [3.8, 4) is 0 Å². The van der Waals surface area contributed by atoms with Crippen LogP contribution in [-0.2, 0) is 5.92 Å². The summed E-state index contributed by atoms with van der Waals surface area (Å²) in [6.45, 7) is 3.22. The summed E-state index contributed by atoms with van der Waals surface area (Å²) in [6, 6.07) is 5.21. The fourth-order valence-electron chi connectivity index (χ4n) is 3.02. The first kappa shape index (κ1) is 17.3. The Balaban J connectivity index is 1.77. The van der Waals surface area contributed by atoms with E-state index < -0.39 is 5.92 Å². The van der Waals surface area contributed by atoms with E-state index in [-0.39, 0.29) is 17.6 Å². The molecule has 0 aliphatic carbocycles. The summed E-state index contributed by atoms with van der Waals surface area (Å²) < 4.78 is 26.9. The molecule has 134 valence electrons. The zero-order valence-corrected chi connectivity index (χ0v) is 14.2. The smallest absolute Gasteiger partial charge is 0.314 e. The molecule has 0 spiro atoms. The van der Waals surface area contributed by atoms with Crippen molar-refractivity contribution in [3.63, 3.8) is 0 Å². The molecule has 0 radical (unpaired) electrons. The first-order valence-corrected chi connectivity index (χ1v) is 8.29. The summed E-state index contributed by atoms with van der Waals surface area (Å²) in [6.07, 6.45) is 2.65. The van der Waals surface area contributed by atoms with Crippen molar-refractivity contribution < 1.29 is 13.6 Å². The third kappa shape index (κ3) is 3.94. The van der Waals surface area contributed by atoms with Crippen molar-refractivity contribution in [2.45, 2.75) is 45.1 Å². The molecule has 2 amide bonds. The molecule has 0 unspecified atom stereocenters. The highest BCUT2D eigenvalue weighted by atomic mass is 19.3. The minimum absolute atomic E-state index is 0.134. The van der Waals surface area contributed by atoms with E-state index in [2.05, 4.69) is 20.5 Å². The van der Waals surface area contributed by atoms with Crippen molar-refractivity contribution in [1.82, 2.24) is 20.1 Å². The van der Waals surface area contributed by atoms with Gasteiger partial charge in [0, 0.05) is 24.7 Å². The van der Waals surface area contributed by atoms with Gasteiger partial charge < -0.3 is 10.2 Å². The molecule has 2 heterocycles. The van der Waals surface area contributed by atoms with Gasteiger partial charge in [0.15, 0.2) is 5.82 Å². The lowest BCUT2D eigenvalue weighted by Crippen LogP contribution is -2.41. The number of carbonyl (C=O) groups is 1. The van der Waals surface area contributed by atoms with Gasteiger partial charge >= 0.3 is 6.03 Å². The largest absolute Gasteiger partial charge is 0.322 e. The van der Waals surface area contributed by atoms with Gasteiger partial charge in [0.25, 0.3) is 5.92 Å². The molecule has 1 aromatic heterocycles. The zero-order valence-electron chi connectivity index (χ0n) is 14.2. The first-order chi connectivity index (χ1) is 11.8. The number of likely N-dealkylation sites (tertiary alicyclic amines) is 1. The summed E-state index contributed by atoms with van der Waals surface area (Å²) >= 11 is 0. The molecule has 25 heavy (non-hydrogen) atoms. The van der Waals surface area contributed by atoms with Gasteiger partial charge in [-0.05, 0) is 38.3 Å². The Morgan fingerprint density at radius 1 is 1.40 bits per heavy atom. The molecular weight excluding hydrogens is 328 g/mol. The number of carbonyl (C=O) groups excluding carboxylic acids is 1. The summed E-state index contributed by atoms with van der Waals surface area (Å²) in [5.41, 5.74) is 0.213. The lowest BCUT2D eigenvalue weighted by molar-refractivity contribution is 0.0175. The molecule has 0 bridgehead atoms. The van der Waals surface area contributed by atoms with Crippen molar-refractivity contribution in [2.75, 3.05) is 11.9 Å². The average molecular weight is 349 g/mol. The van der Waals surface area contributed by atoms with E-state index in [4.69, 9.17) is 0 Å². The molecule has 8 heteroatoms. The number of alkyl halides is 2. The van der Waals surface area contributed by atoms with Crippen LogP contribution in [0, 0.1) is 6.92 Å². The molecule has 1 saturated heterocycles. The van der Waals surface area contributed by atoms with Crippen LogP contribution in [0.25, 0.3) is 0 Å². The number of rotatable bonds is 3. The number of benzene rings is 1. The van der Waals surface area contributed by atoms with Gasteiger partial charge in [-0.2, -0.15) is 5.10 Å². The summed E-state index contributed by atoms with van der Waals surface area (Å²) in [5.74, 6) is -1.68.